The average Bonchev–Trinajstić information content (AvgIpc) is 3.08. The molecule has 0 aliphatic rings. The van der Waals surface area contributed by atoms with Crippen molar-refractivity contribution in [2.24, 2.45) is 0 Å². The first-order chi connectivity index (χ1) is 12.0. The van der Waals surface area contributed by atoms with Crippen molar-refractivity contribution in [1.29, 1.82) is 0 Å². The van der Waals surface area contributed by atoms with Crippen molar-refractivity contribution in [3.05, 3.63) is 65.0 Å². The minimum Gasteiger partial charge on any atom is -0.321 e. The highest BCUT2D eigenvalue weighted by atomic mass is 19.1. The summed E-state index contributed by atoms with van der Waals surface area (Å²) in [6, 6.07) is 8.44. The molecule has 0 spiro atoms. The molecule has 0 aliphatic carbocycles. The number of anilines is 1. The van der Waals surface area contributed by atoms with Crippen LogP contribution in [0.4, 0.5) is 10.1 Å². The zero-order valence-electron chi connectivity index (χ0n) is 14.5. The van der Waals surface area contributed by atoms with Gasteiger partial charge in [0.2, 0.25) is 5.91 Å². The smallest absolute Gasteiger partial charge is 0.246 e. The number of aryl methyl sites for hydroxylation is 2. The summed E-state index contributed by atoms with van der Waals surface area (Å²) in [4.78, 5) is 12.3. The van der Waals surface area contributed by atoms with Gasteiger partial charge in [-0.1, -0.05) is 18.2 Å². The van der Waals surface area contributed by atoms with Gasteiger partial charge >= 0.3 is 0 Å². The Hall–Kier alpha value is -2.96. The van der Waals surface area contributed by atoms with Crippen molar-refractivity contribution in [2.45, 2.75) is 33.9 Å². The van der Waals surface area contributed by atoms with Gasteiger partial charge in [-0.2, -0.15) is 10.2 Å². The number of benzene rings is 1. The predicted octanol–water partition coefficient (Wildman–Crippen LogP) is 2.83. The van der Waals surface area contributed by atoms with Crippen molar-refractivity contribution in [1.82, 2.24) is 19.6 Å². The zero-order valence-corrected chi connectivity index (χ0v) is 14.5. The van der Waals surface area contributed by atoms with E-state index >= 15 is 0 Å². The van der Waals surface area contributed by atoms with E-state index < -0.39 is 0 Å². The van der Waals surface area contributed by atoms with Crippen LogP contribution in [-0.4, -0.2) is 25.5 Å². The fourth-order valence-corrected chi connectivity index (χ4v) is 2.70. The predicted molar refractivity (Wildman–Crippen MR) is 92.8 cm³/mol. The second-order valence-corrected chi connectivity index (χ2v) is 5.97. The van der Waals surface area contributed by atoms with Gasteiger partial charge in [0.05, 0.1) is 23.6 Å². The van der Waals surface area contributed by atoms with Gasteiger partial charge in [-0.05, 0) is 32.9 Å². The molecule has 0 unspecified atom stereocenters. The minimum atomic E-state index is -0.269. The van der Waals surface area contributed by atoms with Crippen molar-refractivity contribution >= 4 is 11.6 Å². The quantitative estimate of drug-likeness (QED) is 0.776. The van der Waals surface area contributed by atoms with E-state index in [1.165, 1.54) is 6.07 Å². The molecule has 0 saturated carbocycles. The maximum atomic E-state index is 13.9. The summed E-state index contributed by atoms with van der Waals surface area (Å²) >= 11 is 0. The SMILES string of the molecule is Cc1nn(Cc2ccccc2F)c(C)c1NC(=O)Cn1nccc1C. The number of amides is 1. The van der Waals surface area contributed by atoms with Gasteiger partial charge < -0.3 is 5.32 Å². The molecule has 130 valence electrons. The number of hydrogen-bond donors (Lipinski definition) is 1. The molecule has 0 bridgehead atoms. The first-order valence-corrected chi connectivity index (χ1v) is 8.01. The van der Waals surface area contributed by atoms with Crippen LogP contribution in [0.25, 0.3) is 0 Å². The van der Waals surface area contributed by atoms with Gasteiger partial charge in [-0.25, -0.2) is 4.39 Å². The van der Waals surface area contributed by atoms with E-state index in [2.05, 4.69) is 15.5 Å². The summed E-state index contributed by atoms with van der Waals surface area (Å²) in [5.41, 5.74) is 3.61. The zero-order chi connectivity index (χ0) is 18.0. The molecular weight excluding hydrogens is 321 g/mol. The third-order valence-electron chi connectivity index (χ3n) is 4.15. The number of aromatic nitrogens is 4. The first-order valence-electron chi connectivity index (χ1n) is 8.01. The van der Waals surface area contributed by atoms with E-state index in [4.69, 9.17) is 0 Å². The Labute approximate surface area is 145 Å². The standard InChI is InChI=1S/C18H20FN5O/c1-12-8-9-20-23(12)11-17(25)21-18-13(2)22-24(14(18)3)10-15-6-4-5-7-16(15)19/h4-9H,10-11H2,1-3H3,(H,21,25). The molecule has 0 atom stereocenters. The third-order valence-corrected chi connectivity index (χ3v) is 4.15. The summed E-state index contributed by atoms with van der Waals surface area (Å²) < 4.78 is 17.2. The van der Waals surface area contributed by atoms with Crippen molar-refractivity contribution < 1.29 is 9.18 Å². The molecule has 0 fully saturated rings. The fraction of sp³-hybridized carbons (Fsp3) is 0.278. The largest absolute Gasteiger partial charge is 0.321 e. The fourth-order valence-electron chi connectivity index (χ4n) is 2.70. The third kappa shape index (κ3) is 3.60. The molecule has 6 nitrogen and oxygen atoms in total. The highest BCUT2D eigenvalue weighted by molar-refractivity contribution is 5.91. The summed E-state index contributed by atoms with van der Waals surface area (Å²) in [6.07, 6.45) is 1.66. The van der Waals surface area contributed by atoms with Crippen LogP contribution in [0.5, 0.6) is 0 Å². The lowest BCUT2D eigenvalue weighted by Crippen LogP contribution is -2.21. The van der Waals surface area contributed by atoms with Crippen LogP contribution in [0.3, 0.4) is 0 Å². The van der Waals surface area contributed by atoms with E-state index in [1.807, 2.05) is 26.8 Å². The minimum absolute atomic E-state index is 0.135. The van der Waals surface area contributed by atoms with Gasteiger partial charge in [0.1, 0.15) is 12.4 Å². The Morgan fingerprint density at radius 1 is 1.16 bits per heavy atom. The number of nitrogens with one attached hydrogen (secondary N) is 1. The summed E-state index contributed by atoms with van der Waals surface area (Å²) in [6.45, 7) is 6.02. The van der Waals surface area contributed by atoms with Crippen molar-refractivity contribution in [2.75, 3.05) is 5.32 Å². The number of halogens is 1. The highest BCUT2D eigenvalue weighted by Crippen LogP contribution is 2.21. The van der Waals surface area contributed by atoms with E-state index in [9.17, 15) is 9.18 Å². The molecule has 3 aromatic rings. The van der Waals surface area contributed by atoms with Crippen LogP contribution in [0.1, 0.15) is 22.6 Å². The normalized spacial score (nSPS) is 10.9. The Kier molecular flexibility index (Phi) is 4.65. The Morgan fingerprint density at radius 3 is 2.60 bits per heavy atom. The van der Waals surface area contributed by atoms with Crippen molar-refractivity contribution in [3.63, 3.8) is 0 Å². The number of carbonyl (C=O) groups excluding carboxylic acids is 1. The van der Waals surface area contributed by atoms with Gasteiger partial charge in [0, 0.05) is 17.5 Å². The second-order valence-electron chi connectivity index (χ2n) is 5.97. The van der Waals surface area contributed by atoms with Crippen LogP contribution in [0.2, 0.25) is 0 Å². The van der Waals surface area contributed by atoms with Crippen LogP contribution in [0, 0.1) is 26.6 Å². The summed E-state index contributed by atoms with van der Waals surface area (Å²) in [5.74, 6) is -0.446. The molecule has 2 aromatic heterocycles. The lowest BCUT2D eigenvalue weighted by atomic mass is 10.2. The van der Waals surface area contributed by atoms with Gasteiger partial charge in [0.25, 0.3) is 0 Å². The van der Waals surface area contributed by atoms with Crippen LogP contribution >= 0.6 is 0 Å². The molecular formula is C18H20FN5O. The summed E-state index contributed by atoms with van der Waals surface area (Å²) in [5, 5.41) is 11.4. The lowest BCUT2D eigenvalue weighted by Gasteiger charge is -2.08. The Morgan fingerprint density at radius 2 is 1.92 bits per heavy atom. The second kappa shape index (κ2) is 6.88. The molecule has 1 amide bonds. The number of nitrogens with zero attached hydrogens (tertiary/aromatic N) is 4. The van der Waals surface area contributed by atoms with Crippen molar-refractivity contribution in [3.8, 4) is 0 Å². The van der Waals surface area contributed by atoms with Crippen LogP contribution < -0.4 is 5.32 Å². The topological polar surface area (TPSA) is 64.7 Å². The highest BCUT2D eigenvalue weighted by Gasteiger charge is 2.16. The average molecular weight is 341 g/mol. The molecule has 7 heteroatoms. The summed E-state index contributed by atoms with van der Waals surface area (Å²) in [7, 11) is 0. The first kappa shape index (κ1) is 16.9. The lowest BCUT2D eigenvalue weighted by molar-refractivity contribution is -0.116. The Balaban J connectivity index is 1.77. The van der Waals surface area contributed by atoms with E-state index in [1.54, 1.807) is 33.8 Å². The maximum absolute atomic E-state index is 13.9. The van der Waals surface area contributed by atoms with Gasteiger partial charge in [-0.3, -0.25) is 14.2 Å². The molecule has 0 radical (unpaired) electrons. The molecule has 0 aliphatic heterocycles. The van der Waals surface area contributed by atoms with E-state index in [-0.39, 0.29) is 18.3 Å². The van der Waals surface area contributed by atoms with E-state index in [0.717, 1.165) is 11.4 Å². The molecule has 1 aromatic carbocycles. The van der Waals surface area contributed by atoms with E-state index in [0.29, 0.717) is 23.5 Å². The maximum Gasteiger partial charge on any atom is 0.246 e. The monoisotopic (exact) mass is 341 g/mol. The molecule has 0 saturated heterocycles. The molecule has 3 rings (SSSR count). The molecule has 1 N–H and O–H groups in total. The number of carbonyl (C=O) groups is 1. The molecule has 25 heavy (non-hydrogen) atoms. The van der Waals surface area contributed by atoms with Crippen LogP contribution in [-0.2, 0) is 17.9 Å². The van der Waals surface area contributed by atoms with Crippen LogP contribution in [0.15, 0.2) is 36.5 Å². The van der Waals surface area contributed by atoms with Gasteiger partial charge in [-0.15, -0.1) is 0 Å². The Bertz CT molecular complexity index is 912. The van der Waals surface area contributed by atoms with Gasteiger partial charge in [0.15, 0.2) is 0 Å². The molecule has 2 heterocycles. The number of rotatable bonds is 5. The number of hydrogen-bond acceptors (Lipinski definition) is 3.